The predicted octanol–water partition coefficient (Wildman–Crippen LogP) is 2.77. The van der Waals surface area contributed by atoms with Gasteiger partial charge in [-0.05, 0) is 30.7 Å². The van der Waals surface area contributed by atoms with E-state index in [2.05, 4.69) is 15.3 Å². The number of hydrogen-bond donors (Lipinski definition) is 1. The first kappa shape index (κ1) is 11.4. The fraction of sp³-hybridized carbons (Fsp3) is 0.167. The lowest BCUT2D eigenvalue weighted by Gasteiger charge is -2.07. The van der Waals surface area contributed by atoms with Gasteiger partial charge < -0.3 is 5.32 Å². The third kappa shape index (κ3) is 2.22. The molecule has 2 rings (SSSR count). The van der Waals surface area contributed by atoms with Crippen LogP contribution in [0.2, 0.25) is 0 Å². The summed E-state index contributed by atoms with van der Waals surface area (Å²) in [4.78, 5) is 7.79. The Morgan fingerprint density at radius 1 is 1.24 bits per heavy atom. The van der Waals surface area contributed by atoms with Gasteiger partial charge in [0.2, 0.25) is 5.95 Å². The van der Waals surface area contributed by atoms with Gasteiger partial charge >= 0.3 is 0 Å². The van der Waals surface area contributed by atoms with Crippen LogP contribution in [0.1, 0.15) is 5.56 Å². The monoisotopic (exact) mass is 235 g/mol. The molecule has 1 heterocycles. The van der Waals surface area contributed by atoms with Crippen LogP contribution in [0.3, 0.4) is 0 Å². The maximum atomic E-state index is 13.6. The Morgan fingerprint density at radius 2 is 2.00 bits per heavy atom. The minimum Gasteiger partial charge on any atom is -0.357 e. The summed E-state index contributed by atoms with van der Waals surface area (Å²) in [5.74, 6) is -0.557. The van der Waals surface area contributed by atoms with Gasteiger partial charge in [0.05, 0.1) is 6.20 Å². The second kappa shape index (κ2) is 4.45. The van der Waals surface area contributed by atoms with E-state index in [4.69, 9.17) is 0 Å². The average Bonchev–Trinajstić information content (AvgIpc) is 2.30. The first-order valence-electron chi connectivity index (χ1n) is 5.08. The summed E-state index contributed by atoms with van der Waals surface area (Å²) in [7, 11) is 1.65. The number of halogens is 2. The van der Waals surface area contributed by atoms with Gasteiger partial charge in [0.1, 0.15) is 11.5 Å². The lowest BCUT2D eigenvalue weighted by Crippen LogP contribution is -2.00. The van der Waals surface area contributed by atoms with Crippen LogP contribution in [0.4, 0.5) is 14.7 Å². The standard InChI is InChI=1S/C12H11F2N3/c1-7-5-8(13)3-4-9(7)11-10(14)6-16-12(15-2)17-11/h3-6H,1-2H3,(H,15,16,17). The molecule has 0 radical (unpaired) electrons. The van der Waals surface area contributed by atoms with Gasteiger partial charge in [-0.1, -0.05) is 0 Å². The zero-order chi connectivity index (χ0) is 12.4. The number of aryl methyl sites for hydroxylation is 1. The molecule has 1 aromatic carbocycles. The molecule has 2 aromatic rings. The summed E-state index contributed by atoms with van der Waals surface area (Å²) >= 11 is 0. The van der Waals surface area contributed by atoms with Crippen LogP contribution in [0.5, 0.6) is 0 Å². The molecule has 0 atom stereocenters. The SMILES string of the molecule is CNc1ncc(F)c(-c2ccc(F)cc2C)n1. The molecule has 0 saturated heterocycles. The Balaban J connectivity index is 2.59. The van der Waals surface area contributed by atoms with E-state index >= 15 is 0 Å². The van der Waals surface area contributed by atoms with E-state index in [1.54, 1.807) is 14.0 Å². The van der Waals surface area contributed by atoms with Crippen molar-refractivity contribution in [3.05, 3.63) is 41.6 Å². The van der Waals surface area contributed by atoms with Gasteiger partial charge in [0, 0.05) is 12.6 Å². The number of aromatic nitrogens is 2. The Kier molecular flexibility index (Phi) is 2.99. The van der Waals surface area contributed by atoms with E-state index in [0.717, 1.165) is 6.20 Å². The van der Waals surface area contributed by atoms with Crippen molar-refractivity contribution in [2.24, 2.45) is 0 Å². The third-order valence-electron chi connectivity index (χ3n) is 2.41. The molecule has 0 aliphatic heterocycles. The summed E-state index contributed by atoms with van der Waals surface area (Å²) in [6.07, 6.45) is 1.09. The minimum atomic E-state index is -0.529. The maximum absolute atomic E-state index is 13.6. The summed E-state index contributed by atoms with van der Waals surface area (Å²) in [5, 5.41) is 2.73. The molecule has 1 N–H and O–H groups in total. The second-order valence-electron chi connectivity index (χ2n) is 3.60. The van der Waals surface area contributed by atoms with Crippen molar-refractivity contribution in [3.8, 4) is 11.3 Å². The number of nitrogens with one attached hydrogen (secondary N) is 1. The van der Waals surface area contributed by atoms with Gasteiger partial charge in [-0.15, -0.1) is 0 Å². The average molecular weight is 235 g/mol. The number of rotatable bonds is 2. The highest BCUT2D eigenvalue weighted by Gasteiger charge is 2.11. The highest BCUT2D eigenvalue weighted by Crippen LogP contribution is 2.25. The van der Waals surface area contributed by atoms with Crippen LogP contribution in [-0.4, -0.2) is 17.0 Å². The van der Waals surface area contributed by atoms with E-state index in [-0.39, 0.29) is 11.5 Å². The maximum Gasteiger partial charge on any atom is 0.223 e. The molecular formula is C12H11F2N3. The first-order valence-corrected chi connectivity index (χ1v) is 5.08. The molecule has 0 unspecified atom stereocenters. The van der Waals surface area contributed by atoms with Crippen LogP contribution < -0.4 is 5.32 Å². The molecule has 0 aliphatic rings. The number of hydrogen-bond acceptors (Lipinski definition) is 3. The van der Waals surface area contributed by atoms with E-state index in [9.17, 15) is 8.78 Å². The van der Waals surface area contributed by atoms with Crippen molar-refractivity contribution in [3.63, 3.8) is 0 Å². The molecule has 3 nitrogen and oxygen atoms in total. The molecule has 0 aliphatic carbocycles. The van der Waals surface area contributed by atoms with Gasteiger partial charge in [0.25, 0.3) is 0 Å². The molecule has 0 spiro atoms. The number of anilines is 1. The topological polar surface area (TPSA) is 37.8 Å². The van der Waals surface area contributed by atoms with Crippen molar-refractivity contribution in [2.75, 3.05) is 12.4 Å². The van der Waals surface area contributed by atoms with Crippen molar-refractivity contribution >= 4 is 5.95 Å². The molecular weight excluding hydrogens is 224 g/mol. The summed E-state index contributed by atoms with van der Waals surface area (Å²) < 4.78 is 26.6. The Hall–Kier alpha value is -2.04. The van der Waals surface area contributed by atoms with E-state index < -0.39 is 5.82 Å². The van der Waals surface area contributed by atoms with Crippen LogP contribution in [0, 0.1) is 18.6 Å². The van der Waals surface area contributed by atoms with Gasteiger partial charge in [0.15, 0.2) is 5.82 Å². The molecule has 0 amide bonds. The number of nitrogens with zero attached hydrogens (tertiary/aromatic N) is 2. The molecule has 17 heavy (non-hydrogen) atoms. The van der Waals surface area contributed by atoms with Gasteiger partial charge in [-0.3, -0.25) is 0 Å². The lowest BCUT2D eigenvalue weighted by molar-refractivity contribution is 0.616. The Labute approximate surface area is 97.5 Å². The zero-order valence-electron chi connectivity index (χ0n) is 9.46. The van der Waals surface area contributed by atoms with Crippen LogP contribution >= 0.6 is 0 Å². The lowest BCUT2D eigenvalue weighted by atomic mass is 10.1. The van der Waals surface area contributed by atoms with Crippen molar-refractivity contribution in [1.29, 1.82) is 0 Å². The summed E-state index contributed by atoms with van der Waals surface area (Å²) in [6.45, 7) is 1.71. The fourth-order valence-electron chi connectivity index (χ4n) is 1.57. The minimum absolute atomic E-state index is 0.168. The quantitative estimate of drug-likeness (QED) is 0.869. The highest BCUT2D eigenvalue weighted by molar-refractivity contribution is 5.64. The summed E-state index contributed by atoms with van der Waals surface area (Å²) in [6, 6.07) is 4.13. The van der Waals surface area contributed by atoms with Crippen LogP contribution in [-0.2, 0) is 0 Å². The van der Waals surface area contributed by atoms with Gasteiger partial charge in [-0.2, -0.15) is 0 Å². The zero-order valence-corrected chi connectivity index (χ0v) is 9.46. The van der Waals surface area contributed by atoms with Crippen LogP contribution in [0.15, 0.2) is 24.4 Å². The smallest absolute Gasteiger partial charge is 0.223 e. The highest BCUT2D eigenvalue weighted by atomic mass is 19.1. The predicted molar refractivity (Wildman–Crippen MR) is 61.7 cm³/mol. The van der Waals surface area contributed by atoms with E-state index in [1.165, 1.54) is 18.2 Å². The van der Waals surface area contributed by atoms with Crippen molar-refractivity contribution < 1.29 is 8.78 Å². The molecule has 88 valence electrons. The van der Waals surface area contributed by atoms with Crippen molar-refractivity contribution in [1.82, 2.24) is 9.97 Å². The molecule has 1 aromatic heterocycles. The fourth-order valence-corrected chi connectivity index (χ4v) is 1.57. The van der Waals surface area contributed by atoms with Crippen LogP contribution in [0.25, 0.3) is 11.3 Å². The van der Waals surface area contributed by atoms with E-state index in [0.29, 0.717) is 17.1 Å². The molecule has 5 heteroatoms. The summed E-state index contributed by atoms with van der Waals surface area (Å²) in [5.41, 5.74) is 1.36. The normalized spacial score (nSPS) is 10.4. The Morgan fingerprint density at radius 3 is 2.65 bits per heavy atom. The second-order valence-corrected chi connectivity index (χ2v) is 3.60. The number of benzene rings is 1. The van der Waals surface area contributed by atoms with E-state index in [1.807, 2.05) is 0 Å². The first-order chi connectivity index (χ1) is 8.11. The molecule has 0 saturated carbocycles. The largest absolute Gasteiger partial charge is 0.357 e. The Bertz CT molecular complexity index is 555. The molecule has 0 fully saturated rings. The van der Waals surface area contributed by atoms with Gasteiger partial charge in [-0.25, -0.2) is 18.7 Å². The molecule has 0 bridgehead atoms. The van der Waals surface area contributed by atoms with Crippen molar-refractivity contribution in [2.45, 2.75) is 6.92 Å². The third-order valence-corrected chi connectivity index (χ3v) is 2.41.